The number of rotatable bonds is 5. The van der Waals surface area contributed by atoms with Crippen LogP contribution in [0.2, 0.25) is 0 Å². The molecule has 0 bridgehead atoms. The smallest absolute Gasteiger partial charge is 0.157 e. The van der Waals surface area contributed by atoms with E-state index < -0.39 is 7.92 Å². The van der Waals surface area contributed by atoms with Gasteiger partial charge in [-0.15, -0.1) is 0 Å². The van der Waals surface area contributed by atoms with Crippen LogP contribution in [0.5, 0.6) is 11.5 Å². The molecule has 4 N–H and O–H groups in total. The SMILES string of the molecule is NCCc1ccc(O)c(O)c1.c1ccc(P(c2ccccc2)c2ccccc2)cc1. The fourth-order valence-electron chi connectivity index (χ4n) is 3.07. The summed E-state index contributed by atoms with van der Waals surface area (Å²) < 4.78 is 0. The summed E-state index contributed by atoms with van der Waals surface area (Å²) in [7, 11) is -0.446. The molecule has 30 heavy (non-hydrogen) atoms. The van der Waals surface area contributed by atoms with E-state index in [1.807, 2.05) is 0 Å². The third kappa shape index (κ3) is 5.93. The molecule has 4 heteroatoms. The molecule has 0 aromatic heterocycles. The predicted molar refractivity (Wildman–Crippen MR) is 128 cm³/mol. The fraction of sp³-hybridized carbons (Fsp3) is 0.0769. The Labute approximate surface area is 179 Å². The van der Waals surface area contributed by atoms with Gasteiger partial charge in [-0.1, -0.05) is 97.1 Å². The van der Waals surface area contributed by atoms with Gasteiger partial charge in [0.05, 0.1) is 0 Å². The summed E-state index contributed by atoms with van der Waals surface area (Å²) in [5, 5.41) is 22.2. The van der Waals surface area contributed by atoms with Gasteiger partial charge in [0.25, 0.3) is 0 Å². The Morgan fingerprint density at radius 2 is 1.00 bits per heavy atom. The van der Waals surface area contributed by atoms with E-state index in [-0.39, 0.29) is 11.5 Å². The van der Waals surface area contributed by atoms with Crippen molar-refractivity contribution in [2.45, 2.75) is 6.42 Å². The van der Waals surface area contributed by atoms with Gasteiger partial charge in [-0.05, 0) is 54.5 Å². The molecule has 0 aliphatic carbocycles. The number of hydrogen-bond acceptors (Lipinski definition) is 3. The summed E-state index contributed by atoms with van der Waals surface area (Å²) in [6.07, 6.45) is 0.716. The van der Waals surface area contributed by atoms with Crippen LogP contribution in [0.4, 0.5) is 0 Å². The predicted octanol–water partition coefficient (Wildman–Crippen LogP) is 4.04. The topological polar surface area (TPSA) is 66.5 Å². The van der Waals surface area contributed by atoms with Gasteiger partial charge in [0.1, 0.15) is 0 Å². The molecule has 3 nitrogen and oxygen atoms in total. The van der Waals surface area contributed by atoms with E-state index in [1.165, 1.54) is 28.0 Å². The molecule has 4 aromatic rings. The Morgan fingerprint density at radius 1 is 0.567 bits per heavy atom. The first kappa shape index (κ1) is 21.6. The van der Waals surface area contributed by atoms with Crippen molar-refractivity contribution >= 4 is 23.8 Å². The van der Waals surface area contributed by atoms with Crippen LogP contribution in [0.15, 0.2) is 109 Å². The number of phenolic OH excluding ortho intramolecular Hbond substituents is 2. The number of benzene rings is 4. The molecule has 4 rings (SSSR count). The van der Waals surface area contributed by atoms with Crippen molar-refractivity contribution in [2.75, 3.05) is 6.54 Å². The van der Waals surface area contributed by atoms with Crippen molar-refractivity contribution < 1.29 is 10.2 Å². The average molecular weight is 415 g/mol. The van der Waals surface area contributed by atoms with Crippen molar-refractivity contribution in [3.05, 3.63) is 115 Å². The van der Waals surface area contributed by atoms with Gasteiger partial charge < -0.3 is 15.9 Å². The van der Waals surface area contributed by atoms with E-state index in [2.05, 4.69) is 91.0 Å². The number of aromatic hydroxyl groups is 2. The van der Waals surface area contributed by atoms with Crippen LogP contribution in [-0.2, 0) is 6.42 Å². The molecule has 0 spiro atoms. The van der Waals surface area contributed by atoms with E-state index in [4.69, 9.17) is 15.9 Å². The summed E-state index contributed by atoms with van der Waals surface area (Å²) in [5.41, 5.74) is 6.24. The zero-order chi connectivity index (χ0) is 21.2. The van der Waals surface area contributed by atoms with Crippen LogP contribution in [-0.4, -0.2) is 16.8 Å². The maximum absolute atomic E-state index is 9.04. The van der Waals surface area contributed by atoms with Gasteiger partial charge in [0, 0.05) is 0 Å². The van der Waals surface area contributed by atoms with Crippen LogP contribution in [0.3, 0.4) is 0 Å². The highest BCUT2D eigenvalue weighted by molar-refractivity contribution is 7.79. The zero-order valence-electron chi connectivity index (χ0n) is 16.7. The molecule has 0 heterocycles. The molecule has 0 aliphatic heterocycles. The van der Waals surface area contributed by atoms with E-state index in [0.29, 0.717) is 13.0 Å². The summed E-state index contributed by atoms with van der Waals surface area (Å²) in [5.74, 6) is -0.179. The first-order valence-corrected chi connectivity index (χ1v) is 11.2. The maximum Gasteiger partial charge on any atom is 0.157 e. The van der Waals surface area contributed by atoms with Crippen LogP contribution in [0.1, 0.15) is 5.56 Å². The van der Waals surface area contributed by atoms with E-state index in [1.54, 1.807) is 6.07 Å². The fourth-order valence-corrected chi connectivity index (χ4v) is 5.37. The lowest BCUT2D eigenvalue weighted by atomic mass is 10.1. The first-order chi connectivity index (χ1) is 14.7. The largest absolute Gasteiger partial charge is 0.504 e. The molecule has 0 radical (unpaired) electrons. The molecule has 0 amide bonds. The third-order valence-electron chi connectivity index (χ3n) is 4.52. The number of hydrogen-bond donors (Lipinski definition) is 3. The minimum atomic E-state index is -0.446. The van der Waals surface area contributed by atoms with Crippen molar-refractivity contribution in [3.8, 4) is 11.5 Å². The molecular formula is C26H26NO2P. The second-order valence-electron chi connectivity index (χ2n) is 6.70. The highest BCUT2D eigenvalue weighted by Crippen LogP contribution is 2.32. The summed E-state index contributed by atoms with van der Waals surface area (Å²) >= 11 is 0. The lowest BCUT2D eigenvalue weighted by Crippen LogP contribution is -2.20. The molecule has 0 fully saturated rings. The summed E-state index contributed by atoms with van der Waals surface area (Å²) in [6.45, 7) is 0.546. The van der Waals surface area contributed by atoms with E-state index >= 15 is 0 Å². The van der Waals surface area contributed by atoms with Gasteiger partial charge in [-0.2, -0.15) is 0 Å². The first-order valence-electron chi connectivity index (χ1n) is 9.85. The van der Waals surface area contributed by atoms with Gasteiger partial charge in [0.15, 0.2) is 11.5 Å². The summed E-state index contributed by atoms with van der Waals surface area (Å²) in [4.78, 5) is 0. The van der Waals surface area contributed by atoms with Crippen molar-refractivity contribution in [1.82, 2.24) is 0 Å². The lowest BCUT2D eigenvalue weighted by Gasteiger charge is -2.18. The molecule has 152 valence electrons. The maximum atomic E-state index is 9.04. The standard InChI is InChI=1S/C18H15P.C8H11NO2/c1-4-10-16(11-5-1)19(17-12-6-2-7-13-17)18-14-8-3-9-15-18;9-4-3-6-1-2-7(10)8(11)5-6/h1-15H;1-2,5,10-11H,3-4,9H2. The van der Waals surface area contributed by atoms with Gasteiger partial charge >= 0.3 is 0 Å². The van der Waals surface area contributed by atoms with Crippen LogP contribution in [0.25, 0.3) is 0 Å². The van der Waals surface area contributed by atoms with Crippen molar-refractivity contribution in [1.29, 1.82) is 0 Å². The number of nitrogens with two attached hydrogens (primary N) is 1. The highest BCUT2D eigenvalue weighted by atomic mass is 31.1. The van der Waals surface area contributed by atoms with Crippen molar-refractivity contribution in [3.63, 3.8) is 0 Å². The molecule has 0 atom stereocenters. The van der Waals surface area contributed by atoms with Crippen LogP contribution in [0, 0.1) is 0 Å². The third-order valence-corrected chi connectivity index (χ3v) is 6.96. The van der Waals surface area contributed by atoms with E-state index in [0.717, 1.165) is 5.56 Å². The molecule has 0 unspecified atom stereocenters. The Hall–Kier alpha value is -3.13. The summed E-state index contributed by atoms with van der Waals surface area (Å²) in [6, 6.07) is 37.0. The van der Waals surface area contributed by atoms with Crippen LogP contribution < -0.4 is 21.6 Å². The Bertz CT molecular complexity index is 931. The molecular weight excluding hydrogens is 389 g/mol. The molecule has 0 saturated heterocycles. The lowest BCUT2D eigenvalue weighted by molar-refractivity contribution is 0.403. The molecule has 0 saturated carbocycles. The second-order valence-corrected chi connectivity index (χ2v) is 8.92. The normalized spacial score (nSPS) is 10.3. The quantitative estimate of drug-likeness (QED) is 0.340. The average Bonchev–Trinajstić information content (AvgIpc) is 2.79. The van der Waals surface area contributed by atoms with Gasteiger partial charge in [-0.3, -0.25) is 0 Å². The zero-order valence-corrected chi connectivity index (χ0v) is 17.6. The minimum absolute atomic E-state index is 0.0871. The Kier molecular flexibility index (Phi) is 8.02. The monoisotopic (exact) mass is 415 g/mol. The second kappa shape index (κ2) is 11.2. The Balaban J connectivity index is 0.000000199. The van der Waals surface area contributed by atoms with Crippen molar-refractivity contribution in [2.24, 2.45) is 5.73 Å². The van der Waals surface area contributed by atoms with Crippen LogP contribution >= 0.6 is 7.92 Å². The van der Waals surface area contributed by atoms with E-state index in [9.17, 15) is 0 Å². The molecule has 0 aliphatic rings. The number of phenols is 2. The minimum Gasteiger partial charge on any atom is -0.504 e. The van der Waals surface area contributed by atoms with Gasteiger partial charge in [-0.25, -0.2) is 0 Å². The molecule has 4 aromatic carbocycles. The highest BCUT2D eigenvalue weighted by Gasteiger charge is 2.14. The van der Waals surface area contributed by atoms with Gasteiger partial charge in [0.2, 0.25) is 0 Å². The Morgan fingerprint density at radius 3 is 1.37 bits per heavy atom.